The molecule has 2 aromatic rings. The Morgan fingerprint density at radius 2 is 1.95 bits per heavy atom. The molecule has 0 aliphatic carbocycles. The molecule has 5 nitrogen and oxygen atoms in total. The van der Waals surface area contributed by atoms with Crippen molar-refractivity contribution in [1.29, 1.82) is 0 Å². The first kappa shape index (κ1) is 15.5. The van der Waals surface area contributed by atoms with E-state index < -0.39 is 15.8 Å². The molecule has 0 radical (unpaired) electrons. The Kier molecular flexibility index (Phi) is 4.06. The van der Waals surface area contributed by atoms with Crippen LogP contribution in [-0.4, -0.2) is 19.8 Å². The first-order valence-corrected chi connectivity index (χ1v) is 7.73. The largest absolute Gasteiger partial charge is 0.465 e. The molecule has 0 spiro atoms. The van der Waals surface area contributed by atoms with Gasteiger partial charge < -0.3 is 10.2 Å². The molecule has 2 rings (SSSR count). The molecule has 114 valence electrons. The van der Waals surface area contributed by atoms with Gasteiger partial charge in [0.15, 0.2) is 0 Å². The monoisotopic (exact) mass is 312 g/mol. The molecule has 1 heterocycles. The molecule has 21 heavy (non-hydrogen) atoms. The average Bonchev–Trinajstić information content (AvgIpc) is 2.80. The van der Waals surface area contributed by atoms with E-state index in [0.29, 0.717) is 11.5 Å². The van der Waals surface area contributed by atoms with E-state index in [1.54, 1.807) is 19.1 Å². The number of hydrogen-bond donors (Lipinski definition) is 1. The minimum Gasteiger partial charge on any atom is -0.465 e. The zero-order chi connectivity index (χ0) is 15.8. The lowest BCUT2D eigenvalue weighted by Crippen LogP contribution is -2.26. The molecule has 0 aliphatic rings. The van der Waals surface area contributed by atoms with E-state index in [2.05, 4.69) is 0 Å². The van der Waals surface area contributed by atoms with Gasteiger partial charge in [-0.1, -0.05) is 0 Å². The van der Waals surface area contributed by atoms with Gasteiger partial charge in [0.1, 0.15) is 17.3 Å². The van der Waals surface area contributed by atoms with E-state index in [9.17, 15) is 12.8 Å². The maximum absolute atomic E-state index is 13.5. The molecule has 7 heteroatoms. The number of hydrogen-bond acceptors (Lipinski definition) is 4. The van der Waals surface area contributed by atoms with E-state index >= 15 is 0 Å². The van der Waals surface area contributed by atoms with Crippen LogP contribution in [0.1, 0.15) is 17.1 Å². The molecule has 0 bridgehead atoms. The summed E-state index contributed by atoms with van der Waals surface area (Å²) in [4.78, 5) is -0.0373. The topological polar surface area (TPSA) is 76.5 Å². The summed E-state index contributed by atoms with van der Waals surface area (Å²) in [7, 11) is -2.33. The lowest BCUT2D eigenvalue weighted by molar-refractivity contribution is 0.397. The number of benzene rings is 1. The van der Waals surface area contributed by atoms with Crippen molar-refractivity contribution in [2.24, 2.45) is 0 Å². The fraction of sp³-hybridized carbons (Fsp3) is 0.286. The van der Waals surface area contributed by atoms with Crippen LogP contribution < -0.4 is 5.73 Å². The van der Waals surface area contributed by atoms with Crippen LogP contribution in [0, 0.1) is 19.7 Å². The highest BCUT2D eigenvalue weighted by atomic mass is 32.2. The Morgan fingerprint density at radius 3 is 2.48 bits per heavy atom. The highest BCUT2D eigenvalue weighted by Crippen LogP contribution is 2.24. The van der Waals surface area contributed by atoms with Crippen molar-refractivity contribution in [2.45, 2.75) is 25.3 Å². The second-order valence-corrected chi connectivity index (χ2v) is 6.96. The summed E-state index contributed by atoms with van der Waals surface area (Å²) in [5.41, 5.74) is 5.50. The van der Waals surface area contributed by atoms with Gasteiger partial charge in [0, 0.05) is 7.05 Å². The lowest BCUT2D eigenvalue weighted by Gasteiger charge is -2.17. The second kappa shape index (κ2) is 5.50. The number of aryl methyl sites for hydroxylation is 2. The fourth-order valence-corrected chi connectivity index (χ4v) is 3.22. The molecular formula is C14H17FN2O3S. The number of nitrogens with two attached hydrogens (primary N) is 1. The van der Waals surface area contributed by atoms with Gasteiger partial charge >= 0.3 is 0 Å². The number of anilines is 1. The second-order valence-electron chi connectivity index (χ2n) is 4.92. The summed E-state index contributed by atoms with van der Waals surface area (Å²) in [5.74, 6) is 0.640. The van der Waals surface area contributed by atoms with Gasteiger partial charge in [-0.15, -0.1) is 0 Å². The van der Waals surface area contributed by atoms with Gasteiger partial charge in [-0.25, -0.2) is 12.8 Å². The van der Waals surface area contributed by atoms with Gasteiger partial charge in [0.2, 0.25) is 10.0 Å². The molecule has 2 N–H and O–H groups in total. The normalized spacial score (nSPS) is 12.0. The molecule has 1 aromatic heterocycles. The number of rotatable bonds is 4. The number of furan rings is 1. The molecule has 0 aliphatic heterocycles. The van der Waals surface area contributed by atoms with Crippen molar-refractivity contribution < 1.29 is 17.2 Å². The molecule has 0 fully saturated rings. The predicted octanol–water partition coefficient (Wildman–Crippen LogP) is 2.44. The maximum Gasteiger partial charge on any atom is 0.243 e. The smallest absolute Gasteiger partial charge is 0.243 e. The van der Waals surface area contributed by atoms with Crippen LogP contribution in [0.15, 0.2) is 33.6 Å². The van der Waals surface area contributed by atoms with E-state index in [1.807, 2.05) is 0 Å². The third-order valence-electron chi connectivity index (χ3n) is 3.14. The zero-order valence-corrected chi connectivity index (χ0v) is 12.9. The van der Waals surface area contributed by atoms with Crippen LogP contribution in [0.5, 0.6) is 0 Å². The van der Waals surface area contributed by atoms with Crippen LogP contribution in [0.25, 0.3) is 0 Å². The SMILES string of the molecule is Cc1ccc(CN(C)S(=O)(=O)c2cc(C)c(F)c(N)c2)o1. The Labute approximate surface area is 123 Å². The predicted molar refractivity (Wildman–Crippen MR) is 77.6 cm³/mol. The highest BCUT2D eigenvalue weighted by Gasteiger charge is 2.23. The highest BCUT2D eigenvalue weighted by molar-refractivity contribution is 7.89. The standard InChI is InChI=1S/C14H17FN2O3S/c1-9-6-12(7-13(16)14(9)15)21(18,19)17(3)8-11-5-4-10(2)20-11/h4-7H,8,16H2,1-3H3. The minimum atomic E-state index is -3.76. The van der Waals surface area contributed by atoms with Crippen molar-refractivity contribution >= 4 is 15.7 Å². The van der Waals surface area contributed by atoms with E-state index in [4.69, 9.17) is 10.2 Å². The third kappa shape index (κ3) is 3.08. The third-order valence-corrected chi connectivity index (χ3v) is 4.92. The van der Waals surface area contributed by atoms with Crippen LogP contribution in [-0.2, 0) is 16.6 Å². The average molecular weight is 312 g/mol. The summed E-state index contributed by atoms with van der Waals surface area (Å²) in [5, 5.41) is 0. The summed E-state index contributed by atoms with van der Waals surface area (Å²) in [6.45, 7) is 3.34. The summed E-state index contributed by atoms with van der Waals surface area (Å²) >= 11 is 0. The Balaban J connectivity index is 2.33. The number of nitrogens with zero attached hydrogens (tertiary/aromatic N) is 1. The van der Waals surface area contributed by atoms with Gasteiger partial charge in [-0.3, -0.25) is 0 Å². The molecule has 0 amide bonds. The first-order chi connectivity index (χ1) is 9.71. The Morgan fingerprint density at radius 1 is 1.29 bits per heavy atom. The summed E-state index contributed by atoms with van der Waals surface area (Å²) in [6, 6.07) is 5.87. The Hall–Kier alpha value is -1.86. The van der Waals surface area contributed by atoms with Crippen molar-refractivity contribution in [3.05, 3.63) is 47.2 Å². The van der Waals surface area contributed by atoms with E-state index in [-0.39, 0.29) is 22.7 Å². The zero-order valence-electron chi connectivity index (χ0n) is 12.1. The van der Waals surface area contributed by atoms with Gasteiger partial charge in [-0.2, -0.15) is 4.31 Å². The minimum absolute atomic E-state index is 0.0373. The fourth-order valence-electron chi connectivity index (χ4n) is 1.97. The lowest BCUT2D eigenvalue weighted by atomic mass is 10.2. The Bertz CT molecular complexity index is 745. The summed E-state index contributed by atoms with van der Waals surface area (Å²) < 4.78 is 44.9. The number of halogens is 1. The molecule has 0 saturated heterocycles. The summed E-state index contributed by atoms with van der Waals surface area (Å²) in [6.07, 6.45) is 0. The van der Waals surface area contributed by atoms with Crippen LogP contribution in [0.4, 0.5) is 10.1 Å². The van der Waals surface area contributed by atoms with E-state index in [1.165, 1.54) is 20.0 Å². The maximum atomic E-state index is 13.5. The van der Waals surface area contributed by atoms with Gasteiger partial charge in [0.05, 0.1) is 17.1 Å². The van der Waals surface area contributed by atoms with Crippen LogP contribution in [0.3, 0.4) is 0 Å². The molecule has 0 unspecified atom stereocenters. The van der Waals surface area contributed by atoms with Gasteiger partial charge in [0.25, 0.3) is 0 Å². The van der Waals surface area contributed by atoms with Crippen LogP contribution >= 0.6 is 0 Å². The van der Waals surface area contributed by atoms with Crippen molar-refractivity contribution in [3.63, 3.8) is 0 Å². The quantitative estimate of drug-likeness (QED) is 0.880. The molecular weight excluding hydrogens is 295 g/mol. The van der Waals surface area contributed by atoms with Crippen LogP contribution in [0.2, 0.25) is 0 Å². The number of nitrogen functional groups attached to an aromatic ring is 1. The van der Waals surface area contributed by atoms with Crippen molar-refractivity contribution in [1.82, 2.24) is 4.31 Å². The molecule has 1 aromatic carbocycles. The van der Waals surface area contributed by atoms with Gasteiger partial charge in [-0.05, 0) is 43.7 Å². The van der Waals surface area contributed by atoms with Crippen molar-refractivity contribution in [3.8, 4) is 0 Å². The first-order valence-electron chi connectivity index (χ1n) is 6.29. The molecule has 0 saturated carbocycles. The van der Waals surface area contributed by atoms with Crippen molar-refractivity contribution in [2.75, 3.05) is 12.8 Å². The van der Waals surface area contributed by atoms with E-state index in [0.717, 1.165) is 10.4 Å². The molecule has 0 atom stereocenters. The number of sulfonamides is 1.